The van der Waals surface area contributed by atoms with Crippen molar-refractivity contribution in [2.75, 3.05) is 0 Å². The van der Waals surface area contributed by atoms with Gasteiger partial charge in [0.25, 0.3) is 0 Å². The van der Waals surface area contributed by atoms with Crippen LogP contribution in [0.5, 0.6) is 0 Å². The molecule has 0 saturated carbocycles. The van der Waals surface area contributed by atoms with Gasteiger partial charge >= 0.3 is 0 Å². The lowest BCUT2D eigenvalue weighted by atomic mass is 10.1. The fourth-order valence-electron chi connectivity index (χ4n) is 1.91. The molecule has 1 unspecified atom stereocenters. The second-order valence-electron chi connectivity index (χ2n) is 3.60. The molecule has 0 aromatic carbocycles. The average molecular weight is 178 g/mol. The van der Waals surface area contributed by atoms with Crippen LogP contribution in [0.25, 0.3) is 5.57 Å². The molecule has 0 bridgehead atoms. The quantitative estimate of drug-likeness (QED) is 0.703. The highest BCUT2D eigenvalue weighted by Crippen LogP contribution is 2.29. The minimum absolute atomic E-state index is 0.260. The van der Waals surface area contributed by atoms with E-state index in [1.54, 1.807) is 0 Å². The van der Waals surface area contributed by atoms with Crippen LogP contribution < -0.4 is 0 Å². The highest BCUT2D eigenvalue weighted by molar-refractivity contribution is 5.67. The van der Waals surface area contributed by atoms with E-state index in [9.17, 15) is 5.11 Å². The van der Waals surface area contributed by atoms with Gasteiger partial charge < -0.3 is 5.11 Å². The van der Waals surface area contributed by atoms with E-state index < -0.39 is 0 Å². The molecule has 0 aliphatic heterocycles. The van der Waals surface area contributed by atoms with Gasteiger partial charge in [-0.25, -0.2) is 0 Å². The molecular formula is C10H14N2O. The van der Waals surface area contributed by atoms with Crippen molar-refractivity contribution in [3.05, 3.63) is 23.5 Å². The summed E-state index contributed by atoms with van der Waals surface area (Å²) in [5.74, 6) is 0. The Labute approximate surface area is 77.7 Å². The lowest BCUT2D eigenvalue weighted by molar-refractivity contribution is 0.223. The third-order valence-electron chi connectivity index (χ3n) is 2.53. The van der Waals surface area contributed by atoms with Gasteiger partial charge in [0, 0.05) is 7.05 Å². The molecule has 70 valence electrons. The van der Waals surface area contributed by atoms with Crippen LogP contribution in [-0.2, 0) is 7.05 Å². The normalized spacial score (nSPS) is 22.1. The Morgan fingerprint density at radius 1 is 1.62 bits per heavy atom. The van der Waals surface area contributed by atoms with Gasteiger partial charge in [0.15, 0.2) is 0 Å². The third-order valence-corrected chi connectivity index (χ3v) is 2.53. The van der Waals surface area contributed by atoms with Gasteiger partial charge in [-0.3, -0.25) is 4.68 Å². The molecule has 1 aliphatic rings. The molecule has 3 nitrogen and oxygen atoms in total. The van der Waals surface area contributed by atoms with Crippen molar-refractivity contribution in [1.82, 2.24) is 9.78 Å². The van der Waals surface area contributed by atoms with E-state index in [1.807, 2.05) is 30.9 Å². The van der Waals surface area contributed by atoms with Crippen molar-refractivity contribution in [2.24, 2.45) is 7.05 Å². The van der Waals surface area contributed by atoms with E-state index in [2.05, 4.69) is 5.10 Å². The summed E-state index contributed by atoms with van der Waals surface area (Å²) in [6, 6.07) is 0. The number of nitrogens with zero attached hydrogens (tertiary/aromatic N) is 2. The van der Waals surface area contributed by atoms with E-state index in [-0.39, 0.29) is 6.10 Å². The Morgan fingerprint density at radius 2 is 2.38 bits per heavy atom. The van der Waals surface area contributed by atoms with Gasteiger partial charge in [-0.15, -0.1) is 0 Å². The van der Waals surface area contributed by atoms with Gasteiger partial charge in [-0.05, 0) is 30.9 Å². The molecule has 13 heavy (non-hydrogen) atoms. The molecule has 1 atom stereocenters. The van der Waals surface area contributed by atoms with Gasteiger partial charge in [-0.1, -0.05) is 6.08 Å². The molecule has 1 heterocycles. The molecule has 0 fully saturated rings. The summed E-state index contributed by atoms with van der Waals surface area (Å²) in [7, 11) is 1.94. The van der Waals surface area contributed by atoms with Crippen LogP contribution in [-0.4, -0.2) is 21.0 Å². The van der Waals surface area contributed by atoms with Crippen molar-refractivity contribution in [3.8, 4) is 0 Å². The molecule has 0 amide bonds. The van der Waals surface area contributed by atoms with Crippen molar-refractivity contribution < 1.29 is 5.11 Å². The Kier molecular flexibility index (Phi) is 1.96. The number of allylic oxidation sites excluding steroid dienone is 1. The first-order valence-corrected chi connectivity index (χ1v) is 4.56. The SMILES string of the molecule is Cc1cnn(C)c1C1=CC(O)CC1. The average Bonchev–Trinajstić information content (AvgIpc) is 2.60. The summed E-state index contributed by atoms with van der Waals surface area (Å²) in [5, 5.41) is 13.6. The maximum absolute atomic E-state index is 9.37. The molecule has 1 aromatic rings. The van der Waals surface area contributed by atoms with E-state index in [0.717, 1.165) is 18.5 Å². The van der Waals surface area contributed by atoms with Crippen LogP contribution in [0.1, 0.15) is 24.1 Å². The van der Waals surface area contributed by atoms with Crippen LogP contribution in [0.2, 0.25) is 0 Å². The summed E-state index contributed by atoms with van der Waals surface area (Å²) in [6.45, 7) is 2.05. The van der Waals surface area contributed by atoms with Crippen molar-refractivity contribution in [2.45, 2.75) is 25.9 Å². The number of aryl methyl sites for hydroxylation is 2. The fraction of sp³-hybridized carbons (Fsp3) is 0.500. The lowest BCUT2D eigenvalue weighted by Crippen LogP contribution is -1.97. The third kappa shape index (κ3) is 1.40. The Bertz CT molecular complexity index is 332. The Hall–Kier alpha value is -1.09. The molecule has 1 aliphatic carbocycles. The van der Waals surface area contributed by atoms with E-state index in [4.69, 9.17) is 0 Å². The zero-order chi connectivity index (χ0) is 9.42. The topological polar surface area (TPSA) is 38.0 Å². The standard InChI is InChI=1S/C10H14N2O/c1-7-6-11-12(2)10(7)8-3-4-9(13)5-8/h5-6,9,13H,3-4H2,1-2H3. The van der Waals surface area contributed by atoms with Crippen molar-refractivity contribution in [1.29, 1.82) is 0 Å². The van der Waals surface area contributed by atoms with Gasteiger partial charge in [0.1, 0.15) is 0 Å². The van der Waals surface area contributed by atoms with Crippen LogP contribution in [0.4, 0.5) is 0 Å². The number of aliphatic hydroxyl groups is 1. The fourth-order valence-corrected chi connectivity index (χ4v) is 1.91. The number of rotatable bonds is 1. The first-order chi connectivity index (χ1) is 6.18. The predicted molar refractivity (Wildman–Crippen MR) is 51.2 cm³/mol. The molecule has 3 heteroatoms. The lowest BCUT2D eigenvalue weighted by Gasteiger charge is -2.03. The first-order valence-electron chi connectivity index (χ1n) is 4.56. The zero-order valence-corrected chi connectivity index (χ0v) is 7.99. The summed E-state index contributed by atoms with van der Waals surface area (Å²) in [5.41, 5.74) is 3.57. The smallest absolute Gasteiger partial charge is 0.0730 e. The van der Waals surface area contributed by atoms with Crippen LogP contribution in [0.3, 0.4) is 0 Å². The summed E-state index contributed by atoms with van der Waals surface area (Å²) < 4.78 is 1.87. The van der Waals surface area contributed by atoms with E-state index >= 15 is 0 Å². The predicted octanol–water partition coefficient (Wildman–Crippen LogP) is 1.27. The molecule has 0 saturated heterocycles. The molecule has 0 radical (unpaired) electrons. The van der Waals surface area contributed by atoms with E-state index in [0.29, 0.717) is 0 Å². The summed E-state index contributed by atoms with van der Waals surface area (Å²) in [6.07, 6.45) is 5.34. The largest absolute Gasteiger partial charge is 0.389 e. The molecule has 0 spiro atoms. The highest BCUT2D eigenvalue weighted by Gasteiger charge is 2.18. The Balaban J connectivity index is 2.40. The van der Waals surface area contributed by atoms with Crippen molar-refractivity contribution >= 4 is 5.57 Å². The van der Waals surface area contributed by atoms with Crippen molar-refractivity contribution in [3.63, 3.8) is 0 Å². The zero-order valence-electron chi connectivity index (χ0n) is 7.99. The number of hydrogen-bond donors (Lipinski definition) is 1. The maximum Gasteiger partial charge on any atom is 0.0730 e. The van der Waals surface area contributed by atoms with E-state index in [1.165, 1.54) is 11.1 Å². The second-order valence-corrected chi connectivity index (χ2v) is 3.60. The number of aromatic nitrogens is 2. The maximum atomic E-state index is 9.37. The number of hydrogen-bond acceptors (Lipinski definition) is 2. The van der Waals surface area contributed by atoms with Crippen LogP contribution >= 0.6 is 0 Å². The Morgan fingerprint density at radius 3 is 2.85 bits per heavy atom. The minimum Gasteiger partial charge on any atom is -0.389 e. The van der Waals surface area contributed by atoms with Gasteiger partial charge in [-0.2, -0.15) is 5.10 Å². The minimum atomic E-state index is -0.260. The van der Waals surface area contributed by atoms with Gasteiger partial charge in [0.2, 0.25) is 0 Å². The highest BCUT2D eigenvalue weighted by atomic mass is 16.3. The molecule has 2 rings (SSSR count). The monoisotopic (exact) mass is 178 g/mol. The number of aliphatic hydroxyl groups excluding tert-OH is 1. The summed E-state index contributed by atoms with van der Waals surface area (Å²) in [4.78, 5) is 0. The molecule has 1 aromatic heterocycles. The van der Waals surface area contributed by atoms with Crippen LogP contribution in [0, 0.1) is 6.92 Å². The second kappa shape index (κ2) is 3.00. The first kappa shape index (κ1) is 8.51. The molecule has 1 N–H and O–H groups in total. The van der Waals surface area contributed by atoms with Gasteiger partial charge in [0.05, 0.1) is 18.0 Å². The summed E-state index contributed by atoms with van der Waals surface area (Å²) >= 11 is 0. The van der Waals surface area contributed by atoms with Crippen LogP contribution in [0.15, 0.2) is 12.3 Å². The molecular weight excluding hydrogens is 164 g/mol.